The lowest BCUT2D eigenvalue weighted by Crippen LogP contribution is -2.52. The highest BCUT2D eigenvalue weighted by molar-refractivity contribution is 6.05. The maximum atomic E-state index is 13.1. The van der Waals surface area contributed by atoms with Crippen LogP contribution in [0.1, 0.15) is 44.9 Å². The number of carbonyl (C=O) groups excluding carboxylic acids is 3. The molecule has 3 atom stereocenters. The highest BCUT2D eigenvalue weighted by Gasteiger charge is 2.48. The van der Waals surface area contributed by atoms with Crippen LogP contribution in [0.5, 0.6) is 0 Å². The molecule has 1 saturated carbocycles. The van der Waals surface area contributed by atoms with Gasteiger partial charge in [0.1, 0.15) is 11.9 Å². The lowest BCUT2D eigenvalue weighted by molar-refractivity contribution is -0.160. The fourth-order valence-electron chi connectivity index (χ4n) is 5.97. The zero-order chi connectivity index (χ0) is 24.2. The summed E-state index contributed by atoms with van der Waals surface area (Å²) in [4.78, 5) is 49.5. The molecule has 2 saturated heterocycles. The third-order valence-corrected chi connectivity index (χ3v) is 8.01. The Morgan fingerprint density at radius 1 is 0.919 bits per heavy atom. The zero-order valence-electron chi connectivity index (χ0n) is 21.2. The summed E-state index contributed by atoms with van der Waals surface area (Å²) in [7, 11) is 0. The molecule has 1 aromatic rings. The van der Waals surface area contributed by atoms with Crippen LogP contribution < -0.4 is 4.90 Å². The van der Waals surface area contributed by atoms with Crippen LogP contribution in [0.15, 0.2) is 36.5 Å². The number of hydrogen-bond acceptors (Lipinski definition) is 7. The summed E-state index contributed by atoms with van der Waals surface area (Å²) in [6.45, 7) is 3.97. The van der Waals surface area contributed by atoms with Gasteiger partial charge in [0.15, 0.2) is 0 Å². The summed E-state index contributed by atoms with van der Waals surface area (Å²) in [6, 6.07) is 5.92. The number of pyridine rings is 1. The number of rotatable bonds is 7. The first-order chi connectivity index (χ1) is 17.1. The molecule has 0 N–H and O–H groups in total. The van der Waals surface area contributed by atoms with Crippen molar-refractivity contribution in [2.24, 2.45) is 17.8 Å². The minimum absolute atomic E-state index is 0. The van der Waals surface area contributed by atoms with Crippen LogP contribution in [0.25, 0.3) is 0 Å². The molecule has 2 amide bonds. The minimum Gasteiger partial charge on any atom is -0.459 e. The number of nitrogens with zero attached hydrogens (tertiary/aromatic N) is 4. The van der Waals surface area contributed by atoms with Crippen molar-refractivity contribution < 1.29 is 19.1 Å². The number of piperazine rings is 1. The topological polar surface area (TPSA) is 83.1 Å². The number of likely N-dealkylation sites (tertiary alicyclic amines) is 1. The van der Waals surface area contributed by atoms with E-state index in [2.05, 4.69) is 14.8 Å². The van der Waals surface area contributed by atoms with E-state index in [0.717, 1.165) is 57.7 Å². The Balaban J connectivity index is 0.00000190. The minimum atomic E-state index is -0.508. The van der Waals surface area contributed by atoms with E-state index in [-0.39, 0.29) is 66.9 Å². The molecule has 4 aliphatic rings. The highest BCUT2D eigenvalue weighted by atomic mass is 35.5. The Bertz CT molecular complexity index is 923. The molecule has 1 aromatic heterocycles. The van der Waals surface area contributed by atoms with E-state index in [0.29, 0.717) is 19.4 Å². The van der Waals surface area contributed by atoms with Gasteiger partial charge >= 0.3 is 5.97 Å². The van der Waals surface area contributed by atoms with Crippen LogP contribution in [0.3, 0.4) is 0 Å². The molecule has 0 spiro atoms. The fraction of sp³-hybridized carbons (Fsp3) is 0.630. The zero-order valence-corrected chi connectivity index (χ0v) is 22.8. The first-order valence-corrected chi connectivity index (χ1v) is 13.2. The van der Waals surface area contributed by atoms with Gasteiger partial charge in [0, 0.05) is 38.9 Å². The Hall–Kier alpha value is -2.16. The van der Waals surface area contributed by atoms with Crippen LogP contribution in [0.4, 0.5) is 5.82 Å². The van der Waals surface area contributed by atoms with Crippen LogP contribution >= 0.6 is 24.8 Å². The van der Waals surface area contributed by atoms with Crippen LogP contribution in [-0.2, 0) is 19.1 Å². The van der Waals surface area contributed by atoms with Crippen molar-refractivity contribution in [2.45, 2.75) is 51.0 Å². The highest BCUT2D eigenvalue weighted by Crippen LogP contribution is 2.35. The van der Waals surface area contributed by atoms with Gasteiger partial charge in [-0.15, -0.1) is 24.8 Å². The van der Waals surface area contributed by atoms with Gasteiger partial charge in [0.2, 0.25) is 11.8 Å². The molecule has 3 heterocycles. The number of hydrogen-bond donors (Lipinski definition) is 0. The van der Waals surface area contributed by atoms with E-state index >= 15 is 0 Å². The van der Waals surface area contributed by atoms with Gasteiger partial charge in [-0.3, -0.25) is 24.2 Å². The molecule has 0 aromatic carbocycles. The third kappa shape index (κ3) is 6.84. The van der Waals surface area contributed by atoms with Gasteiger partial charge in [-0.2, -0.15) is 0 Å². The summed E-state index contributed by atoms with van der Waals surface area (Å²) in [5, 5.41) is 0. The molecular formula is C27H38Cl2N4O4. The third-order valence-electron chi connectivity index (χ3n) is 8.01. The van der Waals surface area contributed by atoms with E-state index in [4.69, 9.17) is 4.74 Å². The van der Waals surface area contributed by atoms with Crippen molar-refractivity contribution in [3.8, 4) is 0 Å². The van der Waals surface area contributed by atoms with Crippen LogP contribution in [-0.4, -0.2) is 77.9 Å². The molecular weight excluding hydrogens is 515 g/mol. The molecule has 2 aliphatic carbocycles. The van der Waals surface area contributed by atoms with Crippen molar-refractivity contribution in [1.82, 2.24) is 14.8 Å². The van der Waals surface area contributed by atoms with Crippen LogP contribution in [0, 0.1) is 17.8 Å². The number of ether oxygens (including phenoxy) is 1. The average molecular weight is 554 g/mol. The number of amides is 2. The average Bonchev–Trinajstić information content (AvgIpc) is 3.15. The molecule has 3 fully saturated rings. The largest absolute Gasteiger partial charge is 0.459 e. The second-order valence-electron chi connectivity index (χ2n) is 10.3. The summed E-state index contributed by atoms with van der Waals surface area (Å²) in [5.74, 6) is 0.000199. The first kappa shape index (κ1) is 29.4. The number of esters is 1. The molecule has 204 valence electrons. The Kier molecular flexibility index (Phi) is 10.8. The summed E-state index contributed by atoms with van der Waals surface area (Å²) < 4.78 is 6.05. The van der Waals surface area contributed by atoms with Gasteiger partial charge in [0.05, 0.1) is 24.3 Å². The van der Waals surface area contributed by atoms with E-state index in [1.54, 1.807) is 6.20 Å². The van der Waals surface area contributed by atoms with E-state index in [1.165, 1.54) is 11.3 Å². The maximum absolute atomic E-state index is 13.1. The molecule has 0 bridgehead atoms. The monoisotopic (exact) mass is 552 g/mol. The standard InChI is InChI=1S/C27H36N4O4.2ClH/c32-25-22-10-4-5-11-23(22)26(33)31(25)19-21(35-27(34)20-8-2-1-3-9-20)18-29-14-16-30(17-15-29)24-12-6-7-13-28-24;;/h4-7,12-13,20-23H,1-3,8-11,14-19H2;2*1H/t21?,22-,23+;;. The van der Waals surface area contributed by atoms with E-state index in [9.17, 15) is 14.4 Å². The number of imide groups is 1. The Morgan fingerprint density at radius 2 is 1.57 bits per heavy atom. The predicted molar refractivity (Wildman–Crippen MR) is 146 cm³/mol. The van der Waals surface area contributed by atoms with Crippen LogP contribution in [0.2, 0.25) is 0 Å². The molecule has 8 nitrogen and oxygen atoms in total. The SMILES string of the molecule is Cl.Cl.O=C(OC(CN1CCN(c2ccccn2)CC1)CN1C(=O)[C@H]2CC=CC[C@H]2C1=O)C1CCCCC1. The molecule has 10 heteroatoms. The van der Waals surface area contributed by atoms with E-state index < -0.39 is 6.10 Å². The molecule has 2 aliphatic heterocycles. The number of allylic oxidation sites excluding steroid dienone is 2. The van der Waals surface area contributed by atoms with Gasteiger partial charge in [-0.1, -0.05) is 37.5 Å². The molecule has 5 rings (SSSR count). The molecule has 0 radical (unpaired) electrons. The molecule has 1 unspecified atom stereocenters. The summed E-state index contributed by atoms with van der Waals surface area (Å²) in [5.41, 5.74) is 0. The van der Waals surface area contributed by atoms with Crippen molar-refractivity contribution >= 4 is 48.4 Å². The lowest BCUT2D eigenvalue weighted by atomic mass is 9.85. The number of halogens is 2. The number of anilines is 1. The smallest absolute Gasteiger partial charge is 0.309 e. The summed E-state index contributed by atoms with van der Waals surface area (Å²) in [6.07, 6.45) is 11.5. The predicted octanol–water partition coefficient (Wildman–Crippen LogP) is 3.49. The van der Waals surface area contributed by atoms with Gasteiger partial charge < -0.3 is 9.64 Å². The van der Waals surface area contributed by atoms with Crippen molar-refractivity contribution in [2.75, 3.05) is 44.2 Å². The van der Waals surface area contributed by atoms with Crippen molar-refractivity contribution in [3.05, 3.63) is 36.5 Å². The van der Waals surface area contributed by atoms with Gasteiger partial charge in [0.25, 0.3) is 0 Å². The normalized spacial score (nSPS) is 25.2. The number of carbonyl (C=O) groups is 3. The molecule has 37 heavy (non-hydrogen) atoms. The van der Waals surface area contributed by atoms with E-state index in [1.807, 2.05) is 30.4 Å². The first-order valence-electron chi connectivity index (χ1n) is 13.2. The number of aromatic nitrogens is 1. The second kappa shape index (κ2) is 13.6. The van der Waals surface area contributed by atoms with Crippen molar-refractivity contribution in [3.63, 3.8) is 0 Å². The number of fused-ring (bicyclic) bond motifs is 1. The van der Waals surface area contributed by atoms with Gasteiger partial charge in [-0.05, 0) is 37.8 Å². The lowest BCUT2D eigenvalue weighted by Gasteiger charge is -2.37. The Morgan fingerprint density at radius 3 is 2.16 bits per heavy atom. The van der Waals surface area contributed by atoms with Crippen molar-refractivity contribution in [1.29, 1.82) is 0 Å². The summed E-state index contributed by atoms with van der Waals surface area (Å²) >= 11 is 0. The quantitative estimate of drug-likeness (QED) is 0.291. The van der Waals surface area contributed by atoms with Gasteiger partial charge in [-0.25, -0.2) is 4.98 Å². The maximum Gasteiger partial charge on any atom is 0.309 e. The fourth-order valence-corrected chi connectivity index (χ4v) is 5.97. The Labute approximate surface area is 231 Å². The second-order valence-corrected chi connectivity index (χ2v) is 10.3.